The van der Waals surface area contributed by atoms with Crippen molar-refractivity contribution in [1.29, 1.82) is 0 Å². The fourth-order valence-electron chi connectivity index (χ4n) is 1.47. The van der Waals surface area contributed by atoms with Gasteiger partial charge in [-0.15, -0.1) is 0 Å². The fraction of sp³-hybridized carbons (Fsp3) is 0. The Balaban J connectivity index is 2.31. The SMILES string of the molecule is O=C(Nc1cccc(F)c1F)c1cccc(F)c1F. The van der Waals surface area contributed by atoms with Crippen molar-refractivity contribution in [3.8, 4) is 0 Å². The third-order valence-electron chi connectivity index (χ3n) is 2.40. The summed E-state index contributed by atoms with van der Waals surface area (Å²) in [5.74, 6) is -6.05. The molecule has 0 aliphatic carbocycles. The molecule has 0 spiro atoms. The van der Waals surface area contributed by atoms with Crippen LogP contribution in [0.25, 0.3) is 0 Å². The molecular weight excluding hydrogens is 262 g/mol. The highest BCUT2D eigenvalue weighted by atomic mass is 19.2. The number of benzene rings is 2. The molecule has 19 heavy (non-hydrogen) atoms. The maximum Gasteiger partial charge on any atom is 0.258 e. The average Bonchev–Trinajstić information content (AvgIpc) is 2.38. The Bertz CT molecular complexity index is 643. The number of amides is 1. The van der Waals surface area contributed by atoms with E-state index in [0.717, 1.165) is 30.3 Å². The molecule has 0 bridgehead atoms. The highest BCUT2D eigenvalue weighted by molar-refractivity contribution is 6.04. The highest BCUT2D eigenvalue weighted by Gasteiger charge is 2.17. The van der Waals surface area contributed by atoms with Crippen molar-refractivity contribution in [1.82, 2.24) is 0 Å². The van der Waals surface area contributed by atoms with Gasteiger partial charge in [-0.05, 0) is 24.3 Å². The molecule has 98 valence electrons. The molecular formula is C13H7F4NO. The Morgan fingerprint density at radius 3 is 2.11 bits per heavy atom. The zero-order valence-electron chi connectivity index (χ0n) is 9.38. The summed E-state index contributed by atoms with van der Waals surface area (Å²) in [5, 5.41) is 1.97. The van der Waals surface area contributed by atoms with Gasteiger partial charge in [-0.25, -0.2) is 17.6 Å². The lowest BCUT2D eigenvalue weighted by Crippen LogP contribution is -2.15. The molecule has 0 atom stereocenters. The number of rotatable bonds is 2. The third-order valence-corrected chi connectivity index (χ3v) is 2.40. The minimum atomic E-state index is -1.35. The van der Waals surface area contributed by atoms with Crippen LogP contribution in [0, 0.1) is 23.3 Å². The summed E-state index contributed by atoms with van der Waals surface area (Å²) < 4.78 is 52.5. The molecule has 0 fully saturated rings. The van der Waals surface area contributed by atoms with Gasteiger partial charge in [-0.2, -0.15) is 0 Å². The lowest BCUT2D eigenvalue weighted by atomic mass is 10.2. The number of carbonyl (C=O) groups excluding carboxylic acids is 1. The van der Waals surface area contributed by atoms with Crippen LogP contribution >= 0.6 is 0 Å². The molecule has 6 heteroatoms. The van der Waals surface area contributed by atoms with Crippen molar-refractivity contribution in [3.63, 3.8) is 0 Å². The first kappa shape index (κ1) is 13.1. The molecule has 0 aliphatic rings. The Labute approximate surface area is 105 Å². The molecule has 0 saturated heterocycles. The number of carbonyl (C=O) groups is 1. The summed E-state index contributed by atoms with van der Waals surface area (Å²) in [4.78, 5) is 11.6. The normalized spacial score (nSPS) is 10.3. The van der Waals surface area contributed by atoms with Gasteiger partial charge in [0.05, 0.1) is 11.3 Å². The number of hydrogen-bond acceptors (Lipinski definition) is 1. The predicted octanol–water partition coefficient (Wildman–Crippen LogP) is 3.50. The Kier molecular flexibility index (Phi) is 3.50. The highest BCUT2D eigenvalue weighted by Crippen LogP contribution is 2.19. The third kappa shape index (κ3) is 2.57. The monoisotopic (exact) mass is 269 g/mol. The van der Waals surface area contributed by atoms with Gasteiger partial charge in [0.25, 0.3) is 5.91 Å². The summed E-state index contributed by atoms with van der Waals surface area (Å²) in [7, 11) is 0. The van der Waals surface area contributed by atoms with Crippen molar-refractivity contribution in [2.24, 2.45) is 0 Å². The summed E-state index contributed by atoms with van der Waals surface area (Å²) in [5.41, 5.74) is -1.04. The van der Waals surface area contributed by atoms with E-state index in [2.05, 4.69) is 0 Å². The van der Waals surface area contributed by atoms with Gasteiger partial charge in [-0.1, -0.05) is 12.1 Å². The molecule has 1 amide bonds. The van der Waals surface area contributed by atoms with Gasteiger partial charge in [0, 0.05) is 0 Å². The summed E-state index contributed by atoms with van der Waals surface area (Å²) in [6, 6.07) is 6.16. The Morgan fingerprint density at radius 1 is 0.842 bits per heavy atom. The van der Waals surface area contributed by atoms with Crippen LogP contribution < -0.4 is 5.32 Å². The minimum absolute atomic E-state index is 0.450. The first-order valence-electron chi connectivity index (χ1n) is 5.20. The van der Waals surface area contributed by atoms with Crippen LogP contribution in [0.5, 0.6) is 0 Å². The second-order valence-corrected chi connectivity index (χ2v) is 3.66. The number of halogens is 4. The van der Waals surface area contributed by atoms with E-state index < -0.39 is 40.4 Å². The molecule has 2 aromatic carbocycles. The lowest BCUT2D eigenvalue weighted by Gasteiger charge is -2.07. The van der Waals surface area contributed by atoms with Gasteiger partial charge in [0.15, 0.2) is 23.3 Å². The van der Waals surface area contributed by atoms with Crippen LogP contribution in [0.4, 0.5) is 23.2 Å². The van der Waals surface area contributed by atoms with Crippen LogP contribution in [0.3, 0.4) is 0 Å². The number of nitrogens with one attached hydrogen (secondary N) is 1. The van der Waals surface area contributed by atoms with Crippen molar-refractivity contribution in [2.75, 3.05) is 5.32 Å². The second-order valence-electron chi connectivity index (χ2n) is 3.66. The molecule has 0 aliphatic heterocycles. The van der Waals surface area contributed by atoms with E-state index in [1.54, 1.807) is 0 Å². The zero-order valence-corrected chi connectivity index (χ0v) is 9.38. The smallest absolute Gasteiger partial charge is 0.258 e. The van der Waals surface area contributed by atoms with Gasteiger partial charge in [-0.3, -0.25) is 4.79 Å². The van der Waals surface area contributed by atoms with E-state index in [9.17, 15) is 22.4 Å². The van der Waals surface area contributed by atoms with Gasteiger partial charge in [0.1, 0.15) is 0 Å². The Hall–Kier alpha value is -2.37. The van der Waals surface area contributed by atoms with Crippen molar-refractivity contribution >= 4 is 11.6 Å². The first-order chi connectivity index (χ1) is 9.00. The van der Waals surface area contributed by atoms with Crippen molar-refractivity contribution in [2.45, 2.75) is 0 Å². The van der Waals surface area contributed by atoms with Crippen molar-refractivity contribution < 1.29 is 22.4 Å². The van der Waals surface area contributed by atoms with Gasteiger partial charge in [0.2, 0.25) is 0 Å². The van der Waals surface area contributed by atoms with E-state index in [1.165, 1.54) is 6.07 Å². The van der Waals surface area contributed by atoms with E-state index in [-0.39, 0.29) is 0 Å². The molecule has 0 heterocycles. The second kappa shape index (κ2) is 5.09. The lowest BCUT2D eigenvalue weighted by molar-refractivity contribution is 0.102. The van der Waals surface area contributed by atoms with Crippen LogP contribution in [0.15, 0.2) is 36.4 Å². The van der Waals surface area contributed by atoms with Crippen LogP contribution in [-0.2, 0) is 0 Å². The van der Waals surface area contributed by atoms with Crippen molar-refractivity contribution in [3.05, 3.63) is 65.2 Å². The molecule has 0 aromatic heterocycles. The topological polar surface area (TPSA) is 29.1 Å². The summed E-state index contributed by atoms with van der Waals surface area (Å²) >= 11 is 0. The molecule has 2 aromatic rings. The summed E-state index contributed by atoms with van der Waals surface area (Å²) in [6.45, 7) is 0. The Morgan fingerprint density at radius 2 is 1.42 bits per heavy atom. The minimum Gasteiger partial charge on any atom is -0.319 e. The van der Waals surface area contributed by atoms with E-state index in [4.69, 9.17) is 0 Å². The number of anilines is 1. The quantitative estimate of drug-likeness (QED) is 0.831. The fourth-order valence-corrected chi connectivity index (χ4v) is 1.47. The number of hydrogen-bond donors (Lipinski definition) is 1. The first-order valence-corrected chi connectivity index (χ1v) is 5.20. The van der Waals surface area contributed by atoms with Crippen LogP contribution in [-0.4, -0.2) is 5.91 Å². The maximum atomic E-state index is 13.3. The standard InChI is InChI=1S/C13H7F4NO/c14-8-4-1-3-7(11(8)16)13(19)18-10-6-2-5-9(15)12(10)17/h1-6H,(H,18,19). The molecule has 1 N–H and O–H groups in total. The average molecular weight is 269 g/mol. The largest absolute Gasteiger partial charge is 0.319 e. The van der Waals surface area contributed by atoms with E-state index >= 15 is 0 Å². The van der Waals surface area contributed by atoms with E-state index in [1.807, 2.05) is 5.32 Å². The zero-order chi connectivity index (χ0) is 14.0. The van der Waals surface area contributed by atoms with Gasteiger partial charge < -0.3 is 5.32 Å². The summed E-state index contributed by atoms with van der Waals surface area (Å²) in [6.07, 6.45) is 0. The molecule has 0 unspecified atom stereocenters. The van der Waals surface area contributed by atoms with E-state index in [0.29, 0.717) is 0 Å². The van der Waals surface area contributed by atoms with Crippen LogP contribution in [0.2, 0.25) is 0 Å². The predicted molar refractivity (Wildman–Crippen MR) is 60.7 cm³/mol. The molecule has 2 nitrogen and oxygen atoms in total. The van der Waals surface area contributed by atoms with Crippen LogP contribution in [0.1, 0.15) is 10.4 Å². The maximum absolute atomic E-state index is 13.3. The van der Waals surface area contributed by atoms with Gasteiger partial charge >= 0.3 is 0 Å². The molecule has 0 saturated carbocycles. The molecule has 0 radical (unpaired) electrons. The molecule has 2 rings (SSSR count).